The number of nitrogens with two attached hydrogens (primary N) is 1. The Bertz CT molecular complexity index is 559. The minimum Gasteiger partial charge on any atom is -0.398 e. The molecule has 0 unspecified atom stereocenters. The Morgan fingerprint density at radius 3 is 2.61 bits per heavy atom. The fourth-order valence-electron chi connectivity index (χ4n) is 1.23. The van der Waals surface area contributed by atoms with Gasteiger partial charge in [-0.25, -0.2) is 8.42 Å². The molecule has 1 amide bonds. The van der Waals surface area contributed by atoms with Crippen molar-refractivity contribution in [1.82, 2.24) is 9.62 Å². The van der Waals surface area contributed by atoms with Crippen LogP contribution in [0.5, 0.6) is 0 Å². The van der Waals surface area contributed by atoms with Crippen LogP contribution in [0.3, 0.4) is 0 Å². The lowest BCUT2D eigenvalue weighted by atomic mass is 10.3. The van der Waals surface area contributed by atoms with Crippen molar-refractivity contribution in [2.24, 2.45) is 0 Å². The van der Waals surface area contributed by atoms with Gasteiger partial charge in [-0.05, 0) is 34.1 Å². The van der Waals surface area contributed by atoms with Crippen LogP contribution in [-0.4, -0.2) is 39.3 Å². The average molecular weight is 336 g/mol. The number of amides is 1. The zero-order valence-electron chi connectivity index (χ0n) is 9.97. The molecule has 0 radical (unpaired) electrons. The van der Waals surface area contributed by atoms with E-state index in [-0.39, 0.29) is 17.3 Å². The molecule has 0 saturated heterocycles. The Labute approximate surface area is 114 Å². The third-order valence-electron chi connectivity index (χ3n) is 2.32. The maximum atomic E-state index is 12.1. The summed E-state index contributed by atoms with van der Waals surface area (Å²) in [6.07, 6.45) is 0. The van der Waals surface area contributed by atoms with Gasteiger partial charge in [-0.1, -0.05) is 0 Å². The first kappa shape index (κ1) is 14.9. The zero-order chi connectivity index (χ0) is 13.9. The number of carbonyl (C=O) groups is 1. The number of rotatable bonds is 4. The molecule has 18 heavy (non-hydrogen) atoms. The molecule has 0 heterocycles. The van der Waals surface area contributed by atoms with Crippen molar-refractivity contribution in [3.8, 4) is 0 Å². The van der Waals surface area contributed by atoms with Crippen LogP contribution in [-0.2, 0) is 14.8 Å². The van der Waals surface area contributed by atoms with E-state index in [1.165, 1.54) is 26.2 Å². The average Bonchev–Trinajstić information content (AvgIpc) is 2.32. The van der Waals surface area contributed by atoms with E-state index in [9.17, 15) is 13.2 Å². The molecule has 3 N–H and O–H groups in total. The molecular formula is C10H14BrN3O3S. The third-order valence-corrected chi connectivity index (χ3v) is 4.84. The Balaban J connectivity index is 3.05. The molecule has 1 rings (SSSR count). The highest BCUT2D eigenvalue weighted by Gasteiger charge is 2.23. The van der Waals surface area contributed by atoms with Gasteiger partial charge < -0.3 is 11.1 Å². The first-order valence-electron chi connectivity index (χ1n) is 5.01. The van der Waals surface area contributed by atoms with E-state index >= 15 is 0 Å². The normalized spacial score (nSPS) is 11.6. The van der Waals surface area contributed by atoms with E-state index in [0.717, 1.165) is 4.31 Å². The highest BCUT2D eigenvalue weighted by atomic mass is 79.9. The Morgan fingerprint density at radius 2 is 2.11 bits per heavy atom. The van der Waals surface area contributed by atoms with Crippen molar-refractivity contribution in [2.45, 2.75) is 4.90 Å². The molecule has 1 aromatic rings. The van der Waals surface area contributed by atoms with Gasteiger partial charge in [0.05, 0.1) is 11.4 Å². The number of sulfonamides is 1. The maximum absolute atomic E-state index is 12.1. The summed E-state index contributed by atoms with van der Waals surface area (Å²) in [5, 5.41) is 2.36. The number of anilines is 1. The SMILES string of the molecule is CNC(=O)CN(C)S(=O)(=O)c1ccc(Br)c(N)c1. The van der Waals surface area contributed by atoms with Crippen LogP contribution in [0.1, 0.15) is 0 Å². The Morgan fingerprint density at radius 1 is 1.50 bits per heavy atom. The summed E-state index contributed by atoms with van der Waals surface area (Å²) in [7, 11) is -0.931. The molecule has 0 aliphatic rings. The molecule has 6 nitrogen and oxygen atoms in total. The molecule has 0 bridgehead atoms. The largest absolute Gasteiger partial charge is 0.398 e. The van der Waals surface area contributed by atoms with Crippen LogP contribution in [0.2, 0.25) is 0 Å². The van der Waals surface area contributed by atoms with Gasteiger partial charge in [-0.3, -0.25) is 4.79 Å². The van der Waals surface area contributed by atoms with Gasteiger partial charge in [-0.2, -0.15) is 4.31 Å². The number of nitrogens with one attached hydrogen (secondary N) is 1. The van der Waals surface area contributed by atoms with Crippen LogP contribution in [0, 0.1) is 0 Å². The van der Waals surface area contributed by atoms with Gasteiger partial charge in [0.2, 0.25) is 15.9 Å². The number of nitrogens with zero attached hydrogens (tertiary/aromatic N) is 1. The number of likely N-dealkylation sites (N-methyl/N-ethyl adjacent to an activating group) is 2. The molecule has 1 aromatic carbocycles. The smallest absolute Gasteiger partial charge is 0.243 e. The number of halogens is 1. The van der Waals surface area contributed by atoms with Gasteiger partial charge in [-0.15, -0.1) is 0 Å². The van der Waals surface area contributed by atoms with Gasteiger partial charge in [0, 0.05) is 24.3 Å². The Hall–Kier alpha value is -1.12. The van der Waals surface area contributed by atoms with E-state index in [1.54, 1.807) is 6.07 Å². The Kier molecular flexibility index (Phi) is 4.71. The summed E-state index contributed by atoms with van der Waals surface area (Å²) in [5.41, 5.74) is 5.96. The molecule has 0 aromatic heterocycles. The van der Waals surface area contributed by atoms with Crippen molar-refractivity contribution >= 4 is 37.5 Å². The summed E-state index contributed by atoms with van der Waals surface area (Å²) in [4.78, 5) is 11.2. The summed E-state index contributed by atoms with van der Waals surface area (Å²) in [6, 6.07) is 4.33. The zero-order valence-corrected chi connectivity index (χ0v) is 12.4. The predicted molar refractivity (Wildman–Crippen MR) is 72.4 cm³/mol. The number of hydrogen-bond donors (Lipinski definition) is 2. The fraction of sp³-hybridized carbons (Fsp3) is 0.300. The molecule has 0 aliphatic carbocycles. The molecular weight excluding hydrogens is 322 g/mol. The lowest BCUT2D eigenvalue weighted by molar-refractivity contribution is -0.120. The van der Waals surface area contributed by atoms with Crippen molar-refractivity contribution in [3.05, 3.63) is 22.7 Å². The fourth-order valence-corrected chi connectivity index (χ4v) is 2.64. The molecule has 0 atom stereocenters. The molecule has 0 aliphatic heterocycles. The molecule has 0 spiro atoms. The first-order chi connectivity index (χ1) is 8.28. The van der Waals surface area contributed by atoms with Crippen LogP contribution < -0.4 is 11.1 Å². The molecule has 0 fully saturated rings. The van der Waals surface area contributed by atoms with Gasteiger partial charge >= 0.3 is 0 Å². The minimum atomic E-state index is -3.71. The van der Waals surface area contributed by atoms with E-state index < -0.39 is 10.0 Å². The minimum absolute atomic E-state index is 0.0506. The molecule has 8 heteroatoms. The maximum Gasteiger partial charge on any atom is 0.243 e. The van der Waals surface area contributed by atoms with E-state index in [1.807, 2.05) is 0 Å². The summed E-state index contributed by atoms with van der Waals surface area (Å²) in [6.45, 7) is -0.241. The van der Waals surface area contributed by atoms with Crippen LogP contribution in [0.15, 0.2) is 27.6 Å². The standard InChI is InChI=1S/C10H14BrN3O3S/c1-13-10(15)6-14(2)18(16,17)7-3-4-8(11)9(12)5-7/h3-5H,6,12H2,1-2H3,(H,13,15). The quantitative estimate of drug-likeness (QED) is 0.779. The van der Waals surface area contributed by atoms with Gasteiger partial charge in [0.15, 0.2) is 0 Å². The second kappa shape index (κ2) is 5.68. The predicted octanol–water partition coefficient (Wildman–Crippen LogP) is 0.398. The van der Waals surface area contributed by atoms with Crippen LogP contribution >= 0.6 is 15.9 Å². The van der Waals surface area contributed by atoms with E-state index in [0.29, 0.717) is 10.2 Å². The lowest BCUT2D eigenvalue weighted by Crippen LogP contribution is -2.36. The van der Waals surface area contributed by atoms with Crippen molar-refractivity contribution in [2.75, 3.05) is 26.4 Å². The molecule has 100 valence electrons. The van der Waals surface area contributed by atoms with Crippen LogP contribution in [0.25, 0.3) is 0 Å². The van der Waals surface area contributed by atoms with Crippen molar-refractivity contribution in [3.63, 3.8) is 0 Å². The van der Waals surface area contributed by atoms with Gasteiger partial charge in [0.1, 0.15) is 0 Å². The first-order valence-corrected chi connectivity index (χ1v) is 7.24. The second-order valence-corrected chi connectivity index (χ2v) is 6.52. The number of nitrogen functional groups attached to an aromatic ring is 1. The highest BCUT2D eigenvalue weighted by Crippen LogP contribution is 2.24. The second-order valence-electron chi connectivity index (χ2n) is 3.62. The third kappa shape index (κ3) is 3.21. The lowest BCUT2D eigenvalue weighted by Gasteiger charge is -2.16. The van der Waals surface area contributed by atoms with Crippen molar-refractivity contribution < 1.29 is 13.2 Å². The number of hydrogen-bond acceptors (Lipinski definition) is 4. The highest BCUT2D eigenvalue weighted by molar-refractivity contribution is 9.10. The number of benzene rings is 1. The summed E-state index contributed by atoms with van der Waals surface area (Å²) in [5.74, 6) is -0.383. The number of carbonyl (C=O) groups excluding carboxylic acids is 1. The van der Waals surface area contributed by atoms with Crippen molar-refractivity contribution in [1.29, 1.82) is 0 Å². The topological polar surface area (TPSA) is 92.5 Å². The summed E-state index contributed by atoms with van der Waals surface area (Å²) < 4.78 is 25.8. The monoisotopic (exact) mass is 335 g/mol. The van der Waals surface area contributed by atoms with Crippen LogP contribution in [0.4, 0.5) is 5.69 Å². The van der Waals surface area contributed by atoms with E-state index in [4.69, 9.17) is 5.73 Å². The molecule has 0 saturated carbocycles. The van der Waals surface area contributed by atoms with E-state index in [2.05, 4.69) is 21.2 Å². The van der Waals surface area contributed by atoms with Gasteiger partial charge in [0.25, 0.3) is 0 Å². The summed E-state index contributed by atoms with van der Waals surface area (Å²) >= 11 is 3.19.